The number of likely N-dealkylation sites (tertiary alicyclic amines) is 2. The largest absolute Gasteiger partial charge is 0.361 e. The van der Waals surface area contributed by atoms with Crippen molar-refractivity contribution in [1.29, 1.82) is 0 Å². The van der Waals surface area contributed by atoms with Gasteiger partial charge in [0.2, 0.25) is 5.91 Å². The third-order valence-electron chi connectivity index (χ3n) is 5.82. The summed E-state index contributed by atoms with van der Waals surface area (Å²) >= 11 is 0. The quantitative estimate of drug-likeness (QED) is 0.837. The Morgan fingerprint density at radius 3 is 2.70 bits per heavy atom. The van der Waals surface area contributed by atoms with Crippen LogP contribution in [0.3, 0.4) is 0 Å². The smallest absolute Gasteiger partial charge is 0.259 e. The molecule has 142 valence electrons. The third kappa shape index (κ3) is 3.36. The van der Waals surface area contributed by atoms with Crippen LogP contribution in [0.1, 0.15) is 46.6 Å². The van der Waals surface area contributed by atoms with E-state index in [2.05, 4.69) is 17.3 Å². The van der Waals surface area contributed by atoms with Gasteiger partial charge in [0.15, 0.2) is 0 Å². The molecule has 2 aromatic rings. The Hall–Kier alpha value is -2.63. The Balaban J connectivity index is 1.57. The van der Waals surface area contributed by atoms with Crippen LogP contribution in [0.5, 0.6) is 0 Å². The summed E-state index contributed by atoms with van der Waals surface area (Å²) in [5.74, 6) is 1.04. The van der Waals surface area contributed by atoms with Crippen molar-refractivity contribution in [3.63, 3.8) is 0 Å². The van der Waals surface area contributed by atoms with E-state index in [0.29, 0.717) is 49.0 Å². The van der Waals surface area contributed by atoms with Crippen LogP contribution in [0.15, 0.2) is 34.9 Å². The predicted molar refractivity (Wildman–Crippen MR) is 100 cm³/mol. The highest BCUT2D eigenvalue weighted by molar-refractivity contribution is 5.96. The van der Waals surface area contributed by atoms with Crippen LogP contribution in [-0.4, -0.2) is 45.9 Å². The van der Waals surface area contributed by atoms with Gasteiger partial charge >= 0.3 is 0 Å². The van der Waals surface area contributed by atoms with Gasteiger partial charge in [-0.15, -0.1) is 0 Å². The summed E-state index contributed by atoms with van der Waals surface area (Å²) in [6.07, 6.45) is 2.46. The van der Waals surface area contributed by atoms with E-state index in [1.165, 1.54) is 0 Å². The van der Waals surface area contributed by atoms with Crippen LogP contribution in [0, 0.1) is 19.8 Å². The number of amides is 2. The second-order valence-corrected chi connectivity index (χ2v) is 7.64. The minimum atomic E-state index is -0.0357. The summed E-state index contributed by atoms with van der Waals surface area (Å²) in [6, 6.07) is 10.2. The molecule has 0 aliphatic carbocycles. The van der Waals surface area contributed by atoms with Crippen molar-refractivity contribution < 1.29 is 14.1 Å². The second kappa shape index (κ2) is 7.18. The molecule has 2 atom stereocenters. The summed E-state index contributed by atoms with van der Waals surface area (Å²) in [5.41, 5.74) is 2.32. The van der Waals surface area contributed by atoms with Gasteiger partial charge in [-0.1, -0.05) is 35.5 Å². The number of hydrogen-bond donors (Lipinski definition) is 0. The first kappa shape index (κ1) is 17.8. The van der Waals surface area contributed by atoms with Crippen LogP contribution in [-0.2, 0) is 11.3 Å². The van der Waals surface area contributed by atoms with Gasteiger partial charge < -0.3 is 14.3 Å². The standard InChI is InChI=1S/C21H25N3O3/c1-14-20(15(2)27-22-14)21(26)23-12-17-9-6-10-19(25)24(18(17)13-23)11-16-7-4-3-5-8-16/h3-5,7-8,17-18H,6,9-13H2,1-2H3. The molecule has 1 aromatic carbocycles. The van der Waals surface area contributed by atoms with Crippen molar-refractivity contribution in [2.75, 3.05) is 13.1 Å². The molecule has 4 rings (SSSR count). The lowest BCUT2D eigenvalue weighted by Crippen LogP contribution is -2.43. The number of aromatic nitrogens is 1. The van der Waals surface area contributed by atoms with Crippen molar-refractivity contribution in [3.8, 4) is 0 Å². The molecule has 1 aromatic heterocycles. The lowest BCUT2D eigenvalue weighted by atomic mass is 9.98. The fourth-order valence-electron chi connectivity index (χ4n) is 4.43. The number of aryl methyl sites for hydroxylation is 2. The van der Waals surface area contributed by atoms with E-state index in [0.717, 1.165) is 18.4 Å². The molecule has 6 heteroatoms. The number of nitrogens with zero attached hydrogens (tertiary/aromatic N) is 3. The van der Waals surface area contributed by atoms with Crippen LogP contribution >= 0.6 is 0 Å². The van der Waals surface area contributed by atoms with Crippen LogP contribution in [0.25, 0.3) is 0 Å². The molecule has 2 amide bonds. The van der Waals surface area contributed by atoms with Gasteiger partial charge in [0.05, 0.1) is 11.7 Å². The lowest BCUT2D eigenvalue weighted by molar-refractivity contribution is -0.133. The molecule has 0 N–H and O–H groups in total. The number of benzene rings is 1. The molecular formula is C21H25N3O3. The summed E-state index contributed by atoms with van der Waals surface area (Å²) in [6.45, 7) is 5.43. The number of rotatable bonds is 3. The monoisotopic (exact) mass is 367 g/mol. The molecule has 2 aliphatic rings. The first-order valence-electron chi connectivity index (χ1n) is 9.60. The van der Waals surface area contributed by atoms with Gasteiger partial charge in [-0.3, -0.25) is 9.59 Å². The number of carbonyl (C=O) groups excluding carboxylic acids is 2. The van der Waals surface area contributed by atoms with E-state index >= 15 is 0 Å². The zero-order chi connectivity index (χ0) is 19.0. The molecule has 2 saturated heterocycles. The van der Waals surface area contributed by atoms with E-state index in [-0.39, 0.29) is 17.9 Å². The van der Waals surface area contributed by atoms with Crippen LogP contribution in [0.2, 0.25) is 0 Å². The van der Waals surface area contributed by atoms with Crippen molar-refractivity contribution in [3.05, 3.63) is 52.9 Å². The first-order valence-corrected chi connectivity index (χ1v) is 9.60. The van der Waals surface area contributed by atoms with Crippen molar-refractivity contribution in [1.82, 2.24) is 15.0 Å². The Morgan fingerprint density at radius 2 is 2.00 bits per heavy atom. The molecule has 0 spiro atoms. The topological polar surface area (TPSA) is 66.7 Å². The van der Waals surface area contributed by atoms with E-state index in [1.807, 2.05) is 28.0 Å². The highest BCUT2D eigenvalue weighted by Crippen LogP contribution is 2.33. The van der Waals surface area contributed by atoms with Crippen LogP contribution < -0.4 is 0 Å². The molecule has 6 nitrogen and oxygen atoms in total. The highest BCUT2D eigenvalue weighted by atomic mass is 16.5. The van der Waals surface area contributed by atoms with E-state index < -0.39 is 0 Å². The molecule has 3 heterocycles. The Kier molecular flexibility index (Phi) is 4.72. The number of hydrogen-bond acceptors (Lipinski definition) is 4. The minimum Gasteiger partial charge on any atom is -0.361 e. The predicted octanol–water partition coefficient (Wildman–Crippen LogP) is 2.94. The molecular weight excluding hydrogens is 342 g/mol. The fourth-order valence-corrected chi connectivity index (χ4v) is 4.43. The van der Waals surface area contributed by atoms with Gasteiger partial charge in [0.1, 0.15) is 11.3 Å². The average molecular weight is 367 g/mol. The molecule has 2 aliphatic heterocycles. The minimum absolute atomic E-state index is 0.0357. The molecule has 0 radical (unpaired) electrons. The lowest BCUT2D eigenvalue weighted by Gasteiger charge is -2.30. The fraction of sp³-hybridized carbons (Fsp3) is 0.476. The highest BCUT2D eigenvalue weighted by Gasteiger charge is 2.42. The number of fused-ring (bicyclic) bond motifs is 1. The molecule has 27 heavy (non-hydrogen) atoms. The summed E-state index contributed by atoms with van der Waals surface area (Å²) in [4.78, 5) is 29.7. The zero-order valence-corrected chi connectivity index (χ0v) is 15.9. The maximum absolute atomic E-state index is 13.0. The Morgan fingerprint density at radius 1 is 1.22 bits per heavy atom. The van der Waals surface area contributed by atoms with Gasteiger partial charge in [-0.2, -0.15) is 0 Å². The Bertz CT molecular complexity index is 826. The van der Waals surface area contributed by atoms with E-state index in [9.17, 15) is 9.59 Å². The molecule has 2 unspecified atom stereocenters. The normalized spacial score (nSPS) is 22.7. The van der Waals surface area contributed by atoms with Crippen LogP contribution in [0.4, 0.5) is 0 Å². The average Bonchev–Trinajstić information content (AvgIpc) is 3.19. The first-order chi connectivity index (χ1) is 13.0. The molecule has 0 bridgehead atoms. The SMILES string of the molecule is Cc1noc(C)c1C(=O)N1CC2CCCC(=O)N(Cc3ccccc3)C2C1. The van der Waals surface area contributed by atoms with Crippen molar-refractivity contribution in [2.45, 2.75) is 45.7 Å². The maximum Gasteiger partial charge on any atom is 0.259 e. The van der Waals surface area contributed by atoms with Gasteiger partial charge in [0, 0.05) is 26.1 Å². The maximum atomic E-state index is 13.0. The summed E-state index contributed by atoms with van der Waals surface area (Å²) < 4.78 is 5.17. The Labute approximate surface area is 159 Å². The van der Waals surface area contributed by atoms with Crippen molar-refractivity contribution in [2.24, 2.45) is 5.92 Å². The molecule has 2 fully saturated rings. The summed E-state index contributed by atoms with van der Waals surface area (Å²) in [7, 11) is 0. The second-order valence-electron chi connectivity index (χ2n) is 7.64. The van der Waals surface area contributed by atoms with Gasteiger partial charge in [0.25, 0.3) is 5.91 Å². The van der Waals surface area contributed by atoms with Gasteiger partial charge in [-0.25, -0.2) is 0 Å². The number of carbonyl (C=O) groups is 2. The summed E-state index contributed by atoms with van der Waals surface area (Å²) in [5, 5.41) is 3.91. The van der Waals surface area contributed by atoms with Crippen molar-refractivity contribution >= 4 is 11.8 Å². The third-order valence-corrected chi connectivity index (χ3v) is 5.82. The van der Waals surface area contributed by atoms with E-state index in [4.69, 9.17) is 4.52 Å². The van der Waals surface area contributed by atoms with Gasteiger partial charge in [-0.05, 0) is 38.2 Å². The molecule has 0 saturated carbocycles. The zero-order valence-electron chi connectivity index (χ0n) is 15.9. The van der Waals surface area contributed by atoms with E-state index in [1.54, 1.807) is 13.8 Å².